The quantitative estimate of drug-likeness (QED) is 0.818. The molecular weight excluding hydrogens is 310 g/mol. The molecule has 6 heteroatoms. The number of carboxylic acid groups (broad SMARTS) is 1. The number of halogens is 1. The van der Waals surface area contributed by atoms with E-state index in [1.54, 1.807) is 5.38 Å². The van der Waals surface area contributed by atoms with E-state index in [0.29, 0.717) is 18.7 Å². The van der Waals surface area contributed by atoms with Gasteiger partial charge in [0.15, 0.2) is 0 Å². The van der Waals surface area contributed by atoms with Gasteiger partial charge in [0.1, 0.15) is 5.75 Å². The number of carbonyl (C=O) groups excluding carboxylic acids is 1. The fourth-order valence-electron chi connectivity index (χ4n) is 1.94. The summed E-state index contributed by atoms with van der Waals surface area (Å²) in [7, 11) is 0. The second kappa shape index (κ2) is 6.91. The van der Waals surface area contributed by atoms with Crippen LogP contribution < -0.4 is 9.84 Å². The van der Waals surface area contributed by atoms with Gasteiger partial charge in [-0.1, -0.05) is 11.6 Å². The number of aliphatic carboxylic acids is 1. The van der Waals surface area contributed by atoms with E-state index in [1.165, 1.54) is 11.3 Å². The third-order valence-corrected chi connectivity index (χ3v) is 4.47. The van der Waals surface area contributed by atoms with Gasteiger partial charge in [0.25, 0.3) is 0 Å². The Morgan fingerprint density at radius 2 is 2.05 bits per heavy atom. The number of hydrogen-bond acceptors (Lipinski definition) is 5. The molecule has 0 aliphatic rings. The molecule has 1 heterocycles. The summed E-state index contributed by atoms with van der Waals surface area (Å²) in [6.45, 7) is 4.36. The lowest BCUT2D eigenvalue weighted by Gasteiger charge is -2.09. The molecule has 1 aromatic carbocycles. The summed E-state index contributed by atoms with van der Waals surface area (Å²) in [6, 6.07) is 3.80. The fourth-order valence-corrected chi connectivity index (χ4v) is 2.83. The normalized spacial score (nSPS) is 10.6. The smallest absolute Gasteiger partial charge is 0.119 e. The zero-order valence-corrected chi connectivity index (χ0v) is 13.4. The van der Waals surface area contributed by atoms with Gasteiger partial charge in [-0.2, -0.15) is 0 Å². The molecule has 0 bridgehead atoms. The molecule has 0 aliphatic heterocycles. The molecule has 2 rings (SSSR count). The van der Waals surface area contributed by atoms with Crippen LogP contribution >= 0.6 is 22.9 Å². The molecule has 0 unspecified atom stereocenters. The number of carbonyl (C=O) groups is 1. The highest BCUT2D eigenvalue weighted by Gasteiger charge is 2.05. The van der Waals surface area contributed by atoms with Gasteiger partial charge >= 0.3 is 0 Å². The predicted octanol–water partition coefficient (Wildman–Crippen LogP) is 2.33. The van der Waals surface area contributed by atoms with Gasteiger partial charge < -0.3 is 14.6 Å². The van der Waals surface area contributed by atoms with E-state index in [2.05, 4.69) is 4.98 Å². The minimum absolute atomic E-state index is 0.146. The maximum atomic E-state index is 10.5. The Bertz CT molecular complexity index is 631. The molecule has 0 saturated carbocycles. The van der Waals surface area contributed by atoms with Crippen molar-refractivity contribution in [2.24, 2.45) is 0 Å². The van der Waals surface area contributed by atoms with Crippen molar-refractivity contribution in [2.45, 2.75) is 26.7 Å². The maximum Gasteiger partial charge on any atom is 0.119 e. The van der Waals surface area contributed by atoms with Gasteiger partial charge in [-0.05, 0) is 37.1 Å². The van der Waals surface area contributed by atoms with Crippen molar-refractivity contribution >= 4 is 28.9 Å². The Kier molecular flexibility index (Phi) is 5.20. The average molecular weight is 325 g/mol. The number of nitrogens with zero attached hydrogens (tertiary/aromatic N) is 1. The SMILES string of the molecule is Cc1cc(OCCc2nc(CC(=O)[O-])cs2)cc(C)c1Cl. The highest BCUT2D eigenvalue weighted by Crippen LogP contribution is 2.26. The molecule has 4 nitrogen and oxygen atoms in total. The van der Waals surface area contributed by atoms with Gasteiger partial charge in [0.05, 0.1) is 17.3 Å². The monoisotopic (exact) mass is 324 g/mol. The lowest BCUT2D eigenvalue weighted by Crippen LogP contribution is -2.24. The third kappa shape index (κ3) is 4.44. The number of carboxylic acids is 1. The van der Waals surface area contributed by atoms with Crippen molar-refractivity contribution in [1.29, 1.82) is 0 Å². The van der Waals surface area contributed by atoms with Gasteiger partial charge in [0, 0.05) is 29.2 Å². The Morgan fingerprint density at radius 3 is 2.67 bits per heavy atom. The standard InChI is InChI=1S/C15H16ClNO3S/c1-9-5-12(6-10(2)15(9)16)20-4-3-13-17-11(8-21-13)7-14(18)19/h5-6,8H,3-4,7H2,1-2H3,(H,18,19)/p-1. The molecule has 21 heavy (non-hydrogen) atoms. The summed E-state index contributed by atoms with van der Waals surface area (Å²) in [5.74, 6) is -0.337. The molecule has 0 radical (unpaired) electrons. The zero-order chi connectivity index (χ0) is 15.4. The number of rotatable bonds is 6. The summed E-state index contributed by atoms with van der Waals surface area (Å²) in [5, 5.41) is 13.8. The van der Waals surface area contributed by atoms with E-state index >= 15 is 0 Å². The van der Waals surface area contributed by atoms with E-state index < -0.39 is 5.97 Å². The first kappa shape index (κ1) is 15.8. The summed E-state index contributed by atoms with van der Waals surface area (Å²) < 4.78 is 5.70. The molecule has 0 saturated heterocycles. The first-order chi connectivity index (χ1) is 9.95. The third-order valence-electron chi connectivity index (χ3n) is 2.92. The van der Waals surface area contributed by atoms with Gasteiger partial charge in [-0.3, -0.25) is 0 Å². The Labute approximate surface area is 132 Å². The maximum absolute atomic E-state index is 10.5. The van der Waals surface area contributed by atoms with Gasteiger partial charge in [-0.25, -0.2) is 4.98 Å². The number of aryl methyl sites for hydroxylation is 2. The molecule has 0 aliphatic carbocycles. The van der Waals surface area contributed by atoms with E-state index in [4.69, 9.17) is 16.3 Å². The summed E-state index contributed by atoms with van der Waals surface area (Å²) in [6.07, 6.45) is 0.491. The second-order valence-electron chi connectivity index (χ2n) is 4.75. The zero-order valence-electron chi connectivity index (χ0n) is 11.8. The van der Waals surface area contributed by atoms with Crippen molar-refractivity contribution in [3.05, 3.63) is 44.4 Å². The highest BCUT2D eigenvalue weighted by atomic mass is 35.5. The van der Waals surface area contributed by atoms with Crippen molar-refractivity contribution in [2.75, 3.05) is 6.61 Å². The summed E-state index contributed by atoms with van der Waals surface area (Å²) in [4.78, 5) is 14.7. The first-order valence-electron chi connectivity index (χ1n) is 6.48. The van der Waals surface area contributed by atoms with Crippen molar-refractivity contribution in [1.82, 2.24) is 4.98 Å². The average Bonchev–Trinajstić information content (AvgIpc) is 2.82. The van der Waals surface area contributed by atoms with Crippen LogP contribution in [0.4, 0.5) is 0 Å². The van der Waals surface area contributed by atoms with E-state index in [0.717, 1.165) is 26.9 Å². The van der Waals surface area contributed by atoms with Crippen LogP contribution in [0.2, 0.25) is 5.02 Å². The molecule has 0 atom stereocenters. The second-order valence-corrected chi connectivity index (χ2v) is 6.07. The van der Waals surface area contributed by atoms with E-state index in [9.17, 15) is 9.90 Å². The Balaban J connectivity index is 1.89. The van der Waals surface area contributed by atoms with Crippen LogP contribution in [0.5, 0.6) is 5.75 Å². The minimum Gasteiger partial charge on any atom is -0.550 e. The lowest BCUT2D eigenvalue weighted by atomic mass is 10.1. The van der Waals surface area contributed by atoms with Crippen LogP contribution in [0.3, 0.4) is 0 Å². The molecule has 2 aromatic rings. The van der Waals surface area contributed by atoms with E-state index in [1.807, 2.05) is 26.0 Å². The van der Waals surface area contributed by atoms with Crippen LogP contribution in [0.15, 0.2) is 17.5 Å². The van der Waals surface area contributed by atoms with Gasteiger partial charge in [-0.15, -0.1) is 11.3 Å². The predicted molar refractivity (Wildman–Crippen MR) is 81.0 cm³/mol. The van der Waals surface area contributed by atoms with Crippen molar-refractivity contribution < 1.29 is 14.6 Å². The van der Waals surface area contributed by atoms with Crippen LogP contribution in [0.25, 0.3) is 0 Å². The number of aromatic nitrogens is 1. The molecule has 0 spiro atoms. The van der Waals surface area contributed by atoms with Crippen LogP contribution in [0, 0.1) is 13.8 Å². The molecule has 112 valence electrons. The highest BCUT2D eigenvalue weighted by molar-refractivity contribution is 7.09. The first-order valence-corrected chi connectivity index (χ1v) is 7.74. The van der Waals surface area contributed by atoms with Crippen molar-refractivity contribution in [3.63, 3.8) is 0 Å². The molecule has 0 fully saturated rings. The number of hydrogen-bond donors (Lipinski definition) is 0. The van der Waals surface area contributed by atoms with Crippen LogP contribution in [-0.4, -0.2) is 17.6 Å². The summed E-state index contributed by atoms with van der Waals surface area (Å²) >= 11 is 7.54. The lowest BCUT2D eigenvalue weighted by molar-refractivity contribution is -0.304. The largest absolute Gasteiger partial charge is 0.550 e. The Morgan fingerprint density at radius 1 is 1.38 bits per heavy atom. The number of ether oxygens (including phenoxy) is 1. The number of thiazole rings is 1. The van der Waals surface area contributed by atoms with Gasteiger partial charge in [0.2, 0.25) is 0 Å². The van der Waals surface area contributed by atoms with Crippen LogP contribution in [0.1, 0.15) is 21.8 Å². The fraction of sp³-hybridized carbons (Fsp3) is 0.333. The molecular formula is C15H15ClNO3S-. The topological polar surface area (TPSA) is 62.2 Å². The molecule has 0 N–H and O–H groups in total. The molecule has 0 amide bonds. The molecule has 1 aromatic heterocycles. The Hall–Kier alpha value is -1.59. The number of benzene rings is 1. The summed E-state index contributed by atoms with van der Waals surface area (Å²) in [5.41, 5.74) is 2.50. The van der Waals surface area contributed by atoms with Crippen LogP contribution in [-0.2, 0) is 17.6 Å². The van der Waals surface area contributed by atoms with Crippen molar-refractivity contribution in [3.8, 4) is 5.75 Å². The minimum atomic E-state index is -1.12. The van der Waals surface area contributed by atoms with E-state index in [-0.39, 0.29) is 6.42 Å².